The summed E-state index contributed by atoms with van der Waals surface area (Å²) in [5, 5.41) is 5.70. The first-order valence-corrected chi connectivity index (χ1v) is 6.14. The summed E-state index contributed by atoms with van der Waals surface area (Å²) in [7, 11) is 1.80. The van der Waals surface area contributed by atoms with Gasteiger partial charge in [-0.3, -0.25) is 9.59 Å². The van der Waals surface area contributed by atoms with E-state index in [0.29, 0.717) is 18.9 Å². The highest BCUT2D eigenvalue weighted by Gasteiger charge is 2.29. The molecule has 0 aliphatic heterocycles. The Balaban J connectivity index is 2.43. The van der Waals surface area contributed by atoms with Gasteiger partial charge in [0.25, 0.3) is 0 Å². The Kier molecular flexibility index (Phi) is 5.46. The number of rotatable bonds is 5. The number of carbonyl (C=O) groups excluding carboxylic acids is 2. The van der Waals surface area contributed by atoms with Crippen molar-refractivity contribution in [1.82, 2.24) is 10.6 Å². The molecule has 0 aromatic heterocycles. The summed E-state index contributed by atoms with van der Waals surface area (Å²) in [5.41, 5.74) is 0. The van der Waals surface area contributed by atoms with E-state index in [1.807, 2.05) is 6.92 Å². The lowest BCUT2D eigenvalue weighted by atomic mass is 9.78. The van der Waals surface area contributed by atoms with Gasteiger partial charge in [0.1, 0.15) is 5.78 Å². The molecule has 4 nitrogen and oxygen atoms in total. The van der Waals surface area contributed by atoms with Crippen molar-refractivity contribution in [3.63, 3.8) is 0 Å². The molecule has 16 heavy (non-hydrogen) atoms. The smallest absolute Gasteiger partial charge is 0.224 e. The van der Waals surface area contributed by atoms with Crippen molar-refractivity contribution < 1.29 is 9.59 Å². The molecule has 1 aliphatic rings. The summed E-state index contributed by atoms with van der Waals surface area (Å²) < 4.78 is 0. The lowest BCUT2D eigenvalue weighted by Gasteiger charge is -2.27. The number of hydrogen-bond donors (Lipinski definition) is 2. The fourth-order valence-corrected chi connectivity index (χ4v) is 2.33. The van der Waals surface area contributed by atoms with Gasteiger partial charge in [0, 0.05) is 18.3 Å². The predicted octanol–water partition coefficient (Wildman–Crippen LogP) is 1.06. The molecule has 1 fully saturated rings. The topological polar surface area (TPSA) is 58.2 Å². The van der Waals surface area contributed by atoms with Gasteiger partial charge in [-0.25, -0.2) is 0 Å². The van der Waals surface area contributed by atoms with E-state index in [9.17, 15) is 9.59 Å². The first kappa shape index (κ1) is 13.2. The number of Topliss-reactive ketones (excluding diaryl/α,β-unsaturated/α-hetero) is 1. The molecule has 0 radical (unpaired) electrons. The van der Waals surface area contributed by atoms with Crippen LogP contribution in [0.2, 0.25) is 0 Å². The quantitative estimate of drug-likeness (QED) is 0.689. The highest BCUT2D eigenvalue weighted by molar-refractivity contribution is 5.83. The highest BCUT2D eigenvalue weighted by Crippen LogP contribution is 2.30. The van der Waals surface area contributed by atoms with Crippen LogP contribution in [0.5, 0.6) is 0 Å². The van der Waals surface area contributed by atoms with Crippen LogP contribution in [0.25, 0.3) is 0 Å². The Morgan fingerprint density at radius 2 is 1.94 bits per heavy atom. The zero-order chi connectivity index (χ0) is 12.0. The Bertz CT molecular complexity index is 253. The number of carbonyl (C=O) groups is 2. The maximum Gasteiger partial charge on any atom is 0.224 e. The van der Waals surface area contributed by atoms with Crippen LogP contribution in [-0.2, 0) is 9.59 Å². The zero-order valence-corrected chi connectivity index (χ0v) is 10.2. The minimum Gasteiger partial charge on any atom is -0.343 e. The summed E-state index contributed by atoms with van der Waals surface area (Å²) >= 11 is 0. The van der Waals surface area contributed by atoms with E-state index in [0.717, 1.165) is 25.7 Å². The van der Waals surface area contributed by atoms with Crippen molar-refractivity contribution >= 4 is 11.7 Å². The summed E-state index contributed by atoms with van der Waals surface area (Å²) in [6.45, 7) is 2.40. The van der Waals surface area contributed by atoms with Gasteiger partial charge >= 0.3 is 0 Å². The lowest BCUT2D eigenvalue weighted by molar-refractivity contribution is -0.129. The maximum atomic E-state index is 11.8. The van der Waals surface area contributed by atoms with Crippen LogP contribution in [0.3, 0.4) is 0 Å². The molecule has 2 unspecified atom stereocenters. The molecular weight excluding hydrogens is 204 g/mol. The largest absolute Gasteiger partial charge is 0.343 e. The number of amides is 1. The van der Waals surface area contributed by atoms with E-state index < -0.39 is 0 Å². The summed E-state index contributed by atoms with van der Waals surface area (Å²) in [6, 6.07) is 0. The summed E-state index contributed by atoms with van der Waals surface area (Å²) in [5.74, 6) is 0.542. The van der Waals surface area contributed by atoms with Crippen molar-refractivity contribution in [2.75, 3.05) is 13.7 Å². The standard InChI is InChI=1S/C12H22N2O2/c1-3-11(15)9-5-4-6-10(7-9)12(16)14-8-13-2/h9-10,13H,3-8H2,1-2H3,(H,14,16). The molecule has 0 aromatic carbocycles. The Morgan fingerprint density at radius 3 is 2.56 bits per heavy atom. The highest BCUT2D eigenvalue weighted by atomic mass is 16.2. The first-order chi connectivity index (χ1) is 7.69. The third-order valence-electron chi connectivity index (χ3n) is 3.29. The summed E-state index contributed by atoms with van der Waals surface area (Å²) in [4.78, 5) is 23.4. The van der Waals surface area contributed by atoms with Crippen molar-refractivity contribution in [3.05, 3.63) is 0 Å². The molecule has 0 spiro atoms. The van der Waals surface area contributed by atoms with Gasteiger partial charge in [0.2, 0.25) is 5.91 Å². The van der Waals surface area contributed by atoms with Crippen LogP contribution in [0.4, 0.5) is 0 Å². The Hall–Kier alpha value is -0.900. The SMILES string of the molecule is CCC(=O)C1CCCC(C(=O)NCNC)C1. The molecular formula is C12H22N2O2. The van der Waals surface area contributed by atoms with Gasteiger partial charge in [-0.1, -0.05) is 13.3 Å². The van der Waals surface area contributed by atoms with Crippen molar-refractivity contribution in [2.24, 2.45) is 11.8 Å². The average Bonchev–Trinajstić information content (AvgIpc) is 2.35. The van der Waals surface area contributed by atoms with Gasteiger partial charge in [-0.15, -0.1) is 0 Å². The van der Waals surface area contributed by atoms with Crippen LogP contribution in [0.15, 0.2) is 0 Å². The van der Waals surface area contributed by atoms with Crippen LogP contribution in [-0.4, -0.2) is 25.4 Å². The van der Waals surface area contributed by atoms with E-state index in [2.05, 4.69) is 10.6 Å². The van der Waals surface area contributed by atoms with Crippen molar-refractivity contribution in [3.8, 4) is 0 Å². The minimum absolute atomic E-state index is 0.0302. The second-order valence-electron chi connectivity index (χ2n) is 4.45. The van der Waals surface area contributed by atoms with Gasteiger partial charge < -0.3 is 10.6 Å². The van der Waals surface area contributed by atoms with Crippen LogP contribution >= 0.6 is 0 Å². The van der Waals surface area contributed by atoms with Crippen molar-refractivity contribution in [2.45, 2.75) is 39.0 Å². The average molecular weight is 226 g/mol. The van der Waals surface area contributed by atoms with Gasteiger partial charge in [0.15, 0.2) is 0 Å². The van der Waals surface area contributed by atoms with Crippen molar-refractivity contribution in [1.29, 1.82) is 0 Å². The zero-order valence-electron chi connectivity index (χ0n) is 10.2. The Morgan fingerprint density at radius 1 is 1.25 bits per heavy atom. The van der Waals surface area contributed by atoms with E-state index >= 15 is 0 Å². The van der Waals surface area contributed by atoms with Gasteiger partial charge in [-0.2, -0.15) is 0 Å². The first-order valence-electron chi connectivity index (χ1n) is 6.14. The molecule has 1 rings (SSSR count). The van der Waals surface area contributed by atoms with Gasteiger partial charge in [0.05, 0.1) is 6.67 Å². The fourth-order valence-electron chi connectivity index (χ4n) is 2.33. The Labute approximate surface area is 97.2 Å². The van der Waals surface area contributed by atoms with E-state index in [1.54, 1.807) is 7.05 Å². The lowest BCUT2D eigenvalue weighted by Crippen LogP contribution is -2.39. The molecule has 0 heterocycles. The second-order valence-corrected chi connectivity index (χ2v) is 4.45. The molecule has 0 saturated heterocycles. The molecule has 1 saturated carbocycles. The molecule has 1 aliphatic carbocycles. The molecule has 0 bridgehead atoms. The fraction of sp³-hybridized carbons (Fsp3) is 0.833. The molecule has 4 heteroatoms. The number of hydrogen-bond acceptors (Lipinski definition) is 3. The van der Waals surface area contributed by atoms with Crippen LogP contribution in [0.1, 0.15) is 39.0 Å². The van der Waals surface area contributed by atoms with E-state index in [4.69, 9.17) is 0 Å². The van der Waals surface area contributed by atoms with Gasteiger partial charge in [-0.05, 0) is 26.3 Å². The number of ketones is 1. The van der Waals surface area contributed by atoms with E-state index in [1.165, 1.54) is 0 Å². The molecule has 1 amide bonds. The third kappa shape index (κ3) is 3.59. The normalized spacial score (nSPS) is 25.1. The second kappa shape index (κ2) is 6.63. The van der Waals surface area contributed by atoms with Crippen LogP contribution in [0, 0.1) is 11.8 Å². The minimum atomic E-state index is 0.0302. The monoisotopic (exact) mass is 226 g/mol. The van der Waals surface area contributed by atoms with Crippen LogP contribution < -0.4 is 10.6 Å². The van der Waals surface area contributed by atoms with E-state index in [-0.39, 0.29) is 17.7 Å². The molecule has 2 atom stereocenters. The maximum absolute atomic E-state index is 11.8. The molecule has 0 aromatic rings. The molecule has 2 N–H and O–H groups in total. The molecule has 92 valence electrons. The predicted molar refractivity (Wildman–Crippen MR) is 62.8 cm³/mol. The number of nitrogens with one attached hydrogen (secondary N) is 2. The third-order valence-corrected chi connectivity index (χ3v) is 3.29. The summed E-state index contributed by atoms with van der Waals surface area (Å²) in [6.07, 6.45) is 4.21.